The van der Waals surface area contributed by atoms with Crippen LogP contribution in [-0.2, 0) is 13.2 Å². The molecular weight excluding hydrogens is 452 g/mol. The number of hydrogen-bond donors (Lipinski definition) is 2. The van der Waals surface area contributed by atoms with Crippen molar-refractivity contribution >= 4 is 28.2 Å². The number of rotatable bonds is 7. The minimum Gasteiger partial charge on any atom is -0.486 e. The first-order valence-electron chi connectivity index (χ1n) is 10.6. The molecule has 1 aromatic carbocycles. The third-order valence-electron chi connectivity index (χ3n) is 5.31. The van der Waals surface area contributed by atoms with Gasteiger partial charge in [-0.2, -0.15) is 5.26 Å². The number of para-hydroxylation sites is 1. The molecular formula is C25H23ClN6O2. The van der Waals surface area contributed by atoms with Gasteiger partial charge >= 0.3 is 0 Å². The van der Waals surface area contributed by atoms with Gasteiger partial charge in [0.25, 0.3) is 5.56 Å². The summed E-state index contributed by atoms with van der Waals surface area (Å²) < 4.78 is 7.64. The van der Waals surface area contributed by atoms with E-state index in [-0.39, 0.29) is 24.3 Å². The fraction of sp³-hybridized carbons (Fsp3) is 0.200. The van der Waals surface area contributed by atoms with Crippen LogP contribution in [0.25, 0.3) is 10.9 Å². The largest absolute Gasteiger partial charge is 0.486 e. The van der Waals surface area contributed by atoms with Crippen molar-refractivity contribution in [2.24, 2.45) is 0 Å². The van der Waals surface area contributed by atoms with Crippen molar-refractivity contribution in [1.82, 2.24) is 20.0 Å². The quantitative estimate of drug-likeness (QED) is 0.388. The smallest absolute Gasteiger partial charge is 0.268 e. The average molecular weight is 475 g/mol. The fourth-order valence-electron chi connectivity index (χ4n) is 3.77. The molecule has 0 aliphatic carbocycles. The zero-order valence-electron chi connectivity index (χ0n) is 19.0. The minimum absolute atomic E-state index is 0.0715. The van der Waals surface area contributed by atoms with Gasteiger partial charge in [-0.3, -0.25) is 9.78 Å². The summed E-state index contributed by atoms with van der Waals surface area (Å²) in [6.07, 6.45) is 1.62. The summed E-state index contributed by atoms with van der Waals surface area (Å²) in [7, 11) is 1.80. The summed E-state index contributed by atoms with van der Waals surface area (Å²) >= 11 is 6.58. The van der Waals surface area contributed by atoms with Crippen LogP contribution in [0.5, 0.6) is 5.75 Å². The highest BCUT2D eigenvalue weighted by Crippen LogP contribution is 2.31. The van der Waals surface area contributed by atoms with Gasteiger partial charge in [0.2, 0.25) is 0 Å². The van der Waals surface area contributed by atoms with E-state index in [9.17, 15) is 10.1 Å². The summed E-state index contributed by atoms with van der Waals surface area (Å²) in [5, 5.41) is 10.6. The number of anilines is 1. The third kappa shape index (κ3) is 4.71. The molecule has 8 nitrogen and oxygen atoms in total. The lowest BCUT2D eigenvalue weighted by Crippen LogP contribution is -2.23. The molecule has 34 heavy (non-hydrogen) atoms. The van der Waals surface area contributed by atoms with Crippen LogP contribution in [0.1, 0.15) is 28.2 Å². The number of aromatic nitrogens is 3. The van der Waals surface area contributed by atoms with Crippen molar-refractivity contribution in [3.05, 3.63) is 92.2 Å². The van der Waals surface area contributed by atoms with Crippen molar-refractivity contribution in [3.63, 3.8) is 0 Å². The Hall–Kier alpha value is -3.93. The summed E-state index contributed by atoms with van der Waals surface area (Å²) in [4.78, 5) is 21.8. The van der Waals surface area contributed by atoms with Crippen LogP contribution < -0.4 is 21.1 Å². The summed E-state index contributed by atoms with van der Waals surface area (Å²) in [5.74, 6) is 0.603. The number of nitriles is 1. The Kier molecular flexibility index (Phi) is 6.77. The van der Waals surface area contributed by atoms with E-state index in [1.807, 2.05) is 44.2 Å². The molecule has 0 saturated carbocycles. The second kappa shape index (κ2) is 9.91. The lowest BCUT2D eigenvalue weighted by Gasteiger charge is -2.16. The molecule has 0 saturated heterocycles. The third-order valence-corrected chi connectivity index (χ3v) is 5.64. The fourth-order valence-corrected chi connectivity index (χ4v) is 4.09. The van der Waals surface area contributed by atoms with E-state index in [0.29, 0.717) is 22.0 Å². The van der Waals surface area contributed by atoms with Crippen LogP contribution in [0, 0.1) is 25.2 Å². The Bertz CT molecular complexity index is 1480. The maximum atomic E-state index is 12.6. The standard InChI is InChI=1S/C25H23ClN6O2/c1-15-10-20(26)19(22(29-15)13-32-9-5-6-17(12-27)25(32)33)14-34-23-8-4-7-18-21(31-28-3)11-16(2)30-24(18)23/h4-11,28H,13-14H2,1-3H3,(H,30,31). The normalized spacial score (nSPS) is 10.8. The maximum Gasteiger partial charge on any atom is 0.268 e. The predicted molar refractivity (Wildman–Crippen MR) is 132 cm³/mol. The molecule has 2 N–H and O–H groups in total. The van der Waals surface area contributed by atoms with Crippen LogP contribution in [0.4, 0.5) is 5.69 Å². The van der Waals surface area contributed by atoms with Crippen molar-refractivity contribution in [2.45, 2.75) is 27.0 Å². The first-order valence-corrected chi connectivity index (χ1v) is 11.0. The molecule has 4 rings (SSSR count). The van der Waals surface area contributed by atoms with E-state index in [1.165, 1.54) is 10.6 Å². The van der Waals surface area contributed by atoms with Gasteiger partial charge in [-0.1, -0.05) is 23.7 Å². The van der Waals surface area contributed by atoms with E-state index >= 15 is 0 Å². The molecule has 0 radical (unpaired) electrons. The highest BCUT2D eigenvalue weighted by atomic mass is 35.5. The second-order valence-electron chi connectivity index (χ2n) is 7.76. The molecule has 0 atom stereocenters. The number of benzene rings is 1. The summed E-state index contributed by atoms with van der Waals surface area (Å²) in [5.41, 5.74) is 10.2. The molecule has 172 valence electrons. The zero-order valence-corrected chi connectivity index (χ0v) is 19.8. The van der Waals surface area contributed by atoms with Gasteiger partial charge in [-0.15, -0.1) is 0 Å². The molecule has 3 heterocycles. The predicted octanol–water partition coefficient (Wildman–Crippen LogP) is 4.11. The molecule has 0 fully saturated rings. The van der Waals surface area contributed by atoms with E-state index < -0.39 is 0 Å². The molecule has 3 aromatic heterocycles. The molecule has 0 aliphatic rings. The van der Waals surface area contributed by atoms with Gasteiger partial charge in [-0.05, 0) is 44.2 Å². The van der Waals surface area contributed by atoms with Crippen molar-refractivity contribution in [1.29, 1.82) is 5.26 Å². The number of nitrogens with one attached hydrogen (secondary N) is 2. The van der Waals surface area contributed by atoms with Crippen LogP contribution in [-0.4, -0.2) is 21.6 Å². The van der Waals surface area contributed by atoms with Crippen LogP contribution >= 0.6 is 11.6 Å². The number of fused-ring (bicyclic) bond motifs is 1. The second-order valence-corrected chi connectivity index (χ2v) is 8.17. The highest BCUT2D eigenvalue weighted by molar-refractivity contribution is 6.31. The first-order chi connectivity index (χ1) is 16.4. The van der Waals surface area contributed by atoms with Gasteiger partial charge in [0, 0.05) is 35.6 Å². The maximum absolute atomic E-state index is 12.6. The van der Waals surface area contributed by atoms with Crippen LogP contribution in [0.2, 0.25) is 5.02 Å². The van der Waals surface area contributed by atoms with E-state index in [0.717, 1.165) is 28.0 Å². The monoisotopic (exact) mass is 474 g/mol. The molecule has 0 amide bonds. The van der Waals surface area contributed by atoms with Gasteiger partial charge in [0.1, 0.15) is 29.5 Å². The molecule has 0 spiro atoms. The number of halogens is 1. The lowest BCUT2D eigenvalue weighted by atomic mass is 10.1. The molecule has 0 bridgehead atoms. The SMILES string of the molecule is CNNc1cc(C)nc2c(OCc3c(Cl)cc(C)nc3Cn3cccc(C#N)c3=O)cccc12. The first kappa shape index (κ1) is 23.2. The topological polar surface area (TPSA) is 105 Å². The Morgan fingerprint density at radius 2 is 1.94 bits per heavy atom. The Morgan fingerprint density at radius 3 is 2.71 bits per heavy atom. The van der Waals surface area contributed by atoms with Gasteiger partial charge in [0.05, 0.1) is 22.9 Å². The van der Waals surface area contributed by atoms with E-state index in [4.69, 9.17) is 16.3 Å². The van der Waals surface area contributed by atoms with Gasteiger partial charge in [-0.25, -0.2) is 10.4 Å². The lowest BCUT2D eigenvalue weighted by molar-refractivity contribution is 0.307. The van der Waals surface area contributed by atoms with Crippen LogP contribution in [0.15, 0.2) is 53.5 Å². The van der Waals surface area contributed by atoms with Crippen molar-refractivity contribution < 1.29 is 4.74 Å². The Balaban J connectivity index is 1.70. The summed E-state index contributed by atoms with van der Waals surface area (Å²) in [6, 6.07) is 14.5. The Labute approximate surface area is 201 Å². The van der Waals surface area contributed by atoms with E-state index in [1.54, 1.807) is 25.4 Å². The van der Waals surface area contributed by atoms with Crippen molar-refractivity contribution in [3.8, 4) is 11.8 Å². The number of hydrogen-bond acceptors (Lipinski definition) is 7. The van der Waals surface area contributed by atoms with Crippen LogP contribution in [0.3, 0.4) is 0 Å². The Morgan fingerprint density at radius 1 is 1.15 bits per heavy atom. The summed E-state index contributed by atoms with van der Waals surface area (Å²) in [6.45, 7) is 4.06. The molecule has 0 unspecified atom stereocenters. The van der Waals surface area contributed by atoms with E-state index in [2.05, 4.69) is 20.8 Å². The number of aryl methyl sites for hydroxylation is 2. The highest BCUT2D eigenvalue weighted by Gasteiger charge is 2.15. The van der Waals surface area contributed by atoms with Crippen molar-refractivity contribution in [2.75, 3.05) is 12.5 Å². The minimum atomic E-state index is -0.380. The molecule has 0 aliphatic heterocycles. The van der Waals surface area contributed by atoms with Gasteiger partial charge in [0.15, 0.2) is 0 Å². The number of hydrazine groups is 1. The number of pyridine rings is 3. The van der Waals surface area contributed by atoms with Gasteiger partial charge < -0.3 is 14.7 Å². The average Bonchev–Trinajstić information content (AvgIpc) is 2.80. The number of ether oxygens (including phenoxy) is 1. The molecule has 4 aromatic rings. The number of nitrogens with zero attached hydrogens (tertiary/aromatic N) is 4. The molecule has 9 heteroatoms. The zero-order chi connectivity index (χ0) is 24.2.